The predicted octanol–water partition coefficient (Wildman–Crippen LogP) is 4.16. The lowest BCUT2D eigenvalue weighted by Gasteiger charge is -2.27. The van der Waals surface area contributed by atoms with Crippen molar-refractivity contribution in [2.45, 2.75) is 53.1 Å². The molecule has 0 unspecified atom stereocenters. The maximum absolute atomic E-state index is 13.6. The van der Waals surface area contributed by atoms with Crippen LogP contribution in [0.25, 0.3) is 5.57 Å². The summed E-state index contributed by atoms with van der Waals surface area (Å²) in [6.45, 7) is 10.9. The fraction of sp³-hybridized carbons (Fsp3) is 0.409. The van der Waals surface area contributed by atoms with Crippen LogP contribution in [0.5, 0.6) is 0 Å². The molecular formula is C22H25FN2O4. The van der Waals surface area contributed by atoms with Crippen molar-refractivity contribution >= 4 is 17.4 Å². The van der Waals surface area contributed by atoms with Crippen molar-refractivity contribution < 1.29 is 23.2 Å². The summed E-state index contributed by atoms with van der Waals surface area (Å²) < 4.78 is 24.6. The van der Waals surface area contributed by atoms with Gasteiger partial charge in [0.25, 0.3) is 5.91 Å². The molecule has 2 aromatic rings. The highest BCUT2D eigenvalue weighted by molar-refractivity contribution is 6.18. The number of esters is 1. The van der Waals surface area contributed by atoms with E-state index < -0.39 is 11.4 Å². The van der Waals surface area contributed by atoms with Crippen molar-refractivity contribution in [2.24, 2.45) is 0 Å². The van der Waals surface area contributed by atoms with Crippen molar-refractivity contribution in [1.82, 2.24) is 10.1 Å². The van der Waals surface area contributed by atoms with Crippen LogP contribution in [0.15, 0.2) is 28.9 Å². The average molecular weight is 400 g/mol. The Morgan fingerprint density at radius 2 is 1.97 bits per heavy atom. The molecule has 3 rings (SSSR count). The average Bonchev–Trinajstić information content (AvgIpc) is 2.96. The minimum Gasteiger partial charge on any atom is -0.459 e. The highest BCUT2D eigenvalue weighted by Crippen LogP contribution is 2.38. The van der Waals surface area contributed by atoms with Crippen molar-refractivity contribution in [3.63, 3.8) is 0 Å². The number of rotatable bonds is 3. The number of amides is 1. The second-order valence-corrected chi connectivity index (χ2v) is 8.25. The number of hydrogen-bond acceptors (Lipinski definition) is 5. The molecule has 0 fully saturated rings. The Balaban J connectivity index is 2.12. The summed E-state index contributed by atoms with van der Waals surface area (Å²) in [5.41, 5.74) is 1.40. The molecular weight excluding hydrogens is 375 g/mol. The third kappa shape index (κ3) is 3.95. The number of hydrogen-bond donors (Lipinski definition) is 0. The number of nitrogens with zero attached hydrogens (tertiary/aromatic N) is 2. The third-order valence-corrected chi connectivity index (χ3v) is 4.83. The largest absolute Gasteiger partial charge is 0.459 e. The van der Waals surface area contributed by atoms with Crippen LogP contribution < -0.4 is 0 Å². The summed E-state index contributed by atoms with van der Waals surface area (Å²) in [4.78, 5) is 27.5. The van der Waals surface area contributed by atoms with Crippen molar-refractivity contribution in [2.75, 3.05) is 6.54 Å². The Bertz CT molecular complexity index is 1000. The first-order valence-corrected chi connectivity index (χ1v) is 9.48. The smallest absolute Gasteiger partial charge is 0.340 e. The van der Waals surface area contributed by atoms with Gasteiger partial charge in [-0.15, -0.1) is 0 Å². The number of fused-ring (bicyclic) bond motifs is 1. The zero-order valence-corrected chi connectivity index (χ0v) is 17.5. The molecule has 0 saturated carbocycles. The topological polar surface area (TPSA) is 72.6 Å². The summed E-state index contributed by atoms with van der Waals surface area (Å²) in [7, 11) is 0. The van der Waals surface area contributed by atoms with Gasteiger partial charge in [-0.2, -0.15) is 0 Å². The maximum Gasteiger partial charge on any atom is 0.340 e. The molecule has 7 heteroatoms. The number of aromatic nitrogens is 1. The van der Waals surface area contributed by atoms with E-state index in [9.17, 15) is 14.0 Å². The zero-order chi connectivity index (χ0) is 21.5. The molecule has 0 spiro atoms. The summed E-state index contributed by atoms with van der Waals surface area (Å²) in [6.07, 6.45) is 1.16. The molecule has 0 aliphatic carbocycles. The first kappa shape index (κ1) is 20.8. The Morgan fingerprint density at radius 3 is 2.59 bits per heavy atom. The summed E-state index contributed by atoms with van der Waals surface area (Å²) in [6, 6.07) is 4.20. The second kappa shape index (κ2) is 7.46. The molecule has 0 radical (unpaired) electrons. The van der Waals surface area contributed by atoms with Crippen molar-refractivity contribution in [1.29, 1.82) is 0 Å². The van der Waals surface area contributed by atoms with Crippen LogP contribution in [-0.4, -0.2) is 34.6 Å². The van der Waals surface area contributed by atoms with Crippen LogP contribution in [0.2, 0.25) is 0 Å². The molecule has 2 heterocycles. The molecule has 0 saturated heterocycles. The lowest BCUT2D eigenvalue weighted by molar-refractivity contribution is -0.140. The normalized spacial score (nSPS) is 15.6. The quantitative estimate of drug-likeness (QED) is 0.724. The van der Waals surface area contributed by atoms with Gasteiger partial charge in [-0.25, -0.2) is 9.18 Å². The molecule has 1 aromatic heterocycles. The van der Waals surface area contributed by atoms with Crippen molar-refractivity contribution in [3.05, 3.63) is 58.4 Å². The monoisotopic (exact) mass is 400 g/mol. The van der Waals surface area contributed by atoms with E-state index in [0.29, 0.717) is 28.1 Å². The summed E-state index contributed by atoms with van der Waals surface area (Å²) in [5.74, 6) is -0.756. The molecule has 1 amide bonds. The van der Waals surface area contributed by atoms with E-state index in [1.54, 1.807) is 27.7 Å². The van der Waals surface area contributed by atoms with E-state index in [0.717, 1.165) is 0 Å². The Kier molecular flexibility index (Phi) is 5.34. The molecule has 1 aromatic carbocycles. The number of carbonyl (C=O) groups is 2. The van der Waals surface area contributed by atoms with E-state index >= 15 is 0 Å². The number of halogens is 1. The zero-order valence-electron chi connectivity index (χ0n) is 17.5. The van der Waals surface area contributed by atoms with Gasteiger partial charge in [0.15, 0.2) is 5.76 Å². The Labute approximate surface area is 169 Å². The van der Waals surface area contributed by atoms with Gasteiger partial charge < -0.3 is 14.2 Å². The third-order valence-electron chi connectivity index (χ3n) is 4.83. The molecule has 29 heavy (non-hydrogen) atoms. The van der Waals surface area contributed by atoms with E-state index in [4.69, 9.17) is 9.26 Å². The van der Waals surface area contributed by atoms with Gasteiger partial charge >= 0.3 is 5.97 Å². The van der Waals surface area contributed by atoms with Crippen LogP contribution in [-0.2, 0) is 14.9 Å². The maximum atomic E-state index is 13.6. The lowest BCUT2D eigenvalue weighted by atomic mass is 9.86. The van der Waals surface area contributed by atoms with Gasteiger partial charge in [-0.05, 0) is 51.5 Å². The predicted molar refractivity (Wildman–Crippen MR) is 106 cm³/mol. The minimum absolute atomic E-state index is 0.213. The minimum atomic E-state index is -0.613. The van der Waals surface area contributed by atoms with Crippen LogP contribution in [0.1, 0.15) is 60.6 Å². The van der Waals surface area contributed by atoms with Crippen LogP contribution in [0.3, 0.4) is 0 Å². The Morgan fingerprint density at radius 1 is 1.28 bits per heavy atom. The van der Waals surface area contributed by atoms with Gasteiger partial charge in [-0.3, -0.25) is 4.79 Å². The molecule has 6 nitrogen and oxygen atoms in total. The standard InChI is InChI=1S/C22H25FN2O4/c1-12(2)28-21(27)16-10-25(20(26)15-7-8-17(23)13(3)9-15)11-22(5,6)19-18(16)14(4)24-29-19/h7-10,12H,11H2,1-6H3. The number of ether oxygens (including phenoxy) is 1. The number of carbonyl (C=O) groups excluding carboxylic acids is 2. The second-order valence-electron chi connectivity index (χ2n) is 8.25. The first-order chi connectivity index (χ1) is 13.5. The van der Waals surface area contributed by atoms with E-state index in [1.165, 1.54) is 29.3 Å². The summed E-state index contributed by atoms with van der Waals surface area (Å²) >= 11 is 0. The molecule has 0 N–H and O–H groups in total. The number of aryl methyl sites for hydroxylation is 2. The van der Waals surface area contributed by atoms with Gasteiger partial charge in [0, 0.05) is 23.7 Å². The van der Waals surface area contributed by atoms with Gasteiger partial charge in [0.2, 0.25) is 0 Å². The highest BCUT2D eigenvalue weighted by atomic mass is 19.1. The SMILES string of the molecule is Cc1cc(C(=O)N2C=C(C(=O)OC(C)C)c3c(C)noc3C(C)(C)C2)ccc1F. The first-order valence-electron chi connectivity index (χ1n) is 9.48. The van der Waals surface area contributed by atoms with E-state index in [2.05, 4.69) is 5.16 Å². The lowest BCUT2D eigenvalue weighted by Crippen LogP contribution is -2.36. The van der Waals surface area contributed by atoms with E-state index in [1.807, 2.05) is 13.8 Å². The molecule has 0 bridgehead atoms. The molecule has 1 aliphatic rings. The van der Waals surface area contributed by atoms with Gasteiger partial charge in [0.05, 0.1) is 22.9 Å². The number of benzene rings is 1. The molecule has 154 valence electrons. The van der Waals surface area contributed by atoms with Crippen molar-refractivity contribution in [3.8, 4) is 0 Å². The highest BCUT2D eigenvalue weighted by Gasteiger charge is 2.39. The fourth-order valence-corrected chi connectivity index (χ4v) is 3.42. The van der Waals surface area contributed by atoms with Crippen LogP contribution in [0.4, 0.5) is 4.39 Å². The Hall–Kier alpha value is -2.96. The van der Waals surface area contributed by atoms with Gasteiger partial charge in [0.1, 0.15) is 5.82 Å². The fourth-order valence-electron chi connectivity index (χ4n) is 3.42. The van der Waals surface area contributed by atoms with Crippen LogP contribution >= 0.6 is 0 Å². The summed E-state index contributed by atoms with van der Waals surface area (Å²) in [5, 5.41) is 4.03. The molecule has 0 atom stereocenters. The van der Waals surface area contributed by atoms with Gasteiger partial charge in [-0.1, -0.05) is 19.0 Å². The van der Waals surface area contributed by atoms with E-state index in [-0.39, 0.29) is 29.9 Å². The van der Waals surface area contributed by atoms with Crippen LogP contribution in [0, 0.1) is 19.7 Å². The molecule has 1 aliphatic heterocycles.